The van der Waals surface area contributed by atoms with Crippen molar-refractivity contribution in [1.82, 2.24) is 105 Å². The van der Waals surface area contributed by atoms with Gasteiger partial charge in [-0.25, -0.2) is 9.59 Å². The number of phenols is 2. The van der Waals surface area contributed by atoms with E-state index >= 15 is 57.5 Å². The van der Waals surface area contributed by atoms with Gasteiger partial charge in [-0.05, 0) is 174 Å². The Bertz CT molecular complexity index is 5130. The highest BCUT2D eigenvalue weighted by Gasteiger charge is 2.43. The van der Waals surface area contributed by atoms with Gasteiger partial charge in [-0.15, -0.1) is 0 Å². The highest BCUT2D eigenvalue weighted by Crippen LogP contribution is 2.27. The Morgan fingerprint density at radius 2 is 0.918 bits per heavy atom. The Morgan fingerprint density at radius 1 is 0.466 bits per heavy atom. The van der Waals surface area contributed by atoms with Crippen molar-refractivity contribution in [2.45, 2.75) is 226 Å². The molecule has 2 heterocycles. The van der Waals surface area contributed by atoms with Crippen LogP contribution in [-0.4, -0.2) is 325 Å². The average Bonchev–Trinajstić information content (AvgIpc) is 1.77. The first kappa shape index (κ1) is 120. The number of primary amides is 3. The van der Waals surface area contributed by atoms with Crippen LogP contribution in [0, 0.1) is 16.2 Å². The topological polar surface area (TPSA) is 831 Å². The van der Waals surface area contributed by atoms with Gasteiger partial charge in [0.05, 0.1) is 0 Å². The lowest BCUT2D eigenvalue weighted by molar-refractivity contribution is -0.143. The zero-order valence-corrected chi connectivity index (χ0v) is 84.1. The number of rotatable bonds is 46. The number of unbranched alkanes of at least 4 members (excludes halogenated alkanes) is 2. The number of guanidine groups is 4. The van der Waals surface area contributed by atoms with E-state index < -0.39 is 228 Å². The Balaban J connectivity index is 1.61. The van der Waals surface area contributed by atoms with E-state index in [-0.39, 0.29) is 178 Å². The number of aliphatic imine (C=N–C) groups is 1. The molecule has 0 bridgehead atoms. The fourth-order valence-corrected chi connectivity index (χ4v) is 18.2. The van der Waals surface area contributed by atoms with Crippen LogP contribution in [0.5, 0.6) is 11.5 Å². The van der Waals surface area contributed by atoms with Crippen molar-refractivity contribution in [3.05, 3.63) is 108 Å². The summed E-state index contributed by atoms with van der Waals surface area (Å²) >= 11 is 0. The SMILES string of the molecule is CN(C)C(=NCCCCC(=O)N[C@@H](CCCNC(=N)N)C(=O)N[C@@H](Cc1ccc2ccccc2c1)C(=O)N[C@H]1CSSC[C@@H](C(=O)N[C@@H](CCCNC(=N)N)C(N)=O)NC(=O)[C@H](CCCNC(N)=O)NC(=O)[C@H](CCCNC(=N)N)NC(=O)[C@H](Cc2ccc(O)cc2)NC(=O)[C@@H]2CCCN2C(=O)[C@@H](CCC(=O)O)NC(=O)[C@H](CCCCN)NC(=O)[C@H](CCCNC(N)=O)NC(=O)[C@H](Cc2ccc(O)cc2)NC1=O)N(C)C. The number of nitrogens with one attached hydrogen (secondary N) is 20. The van der Waals surface area contributed by atoms with E-state index in [1.54, 1.807) is 36.4 Å². The predicted molar refractivity (Wildman–Crippen MR) is 548 cm³/mol. The van der Waals surface area contributed by atoms with E-state index in [4.69, 9.17) is 56.4 Å². The number of benzene rings is 4. The minimum Gasteiger partial charge on any atom is -0.508 e. The molecule has 13 atom stereocenters. The molecular formula is C93H143N31O20S2. The summed E-state index contributed by atoms with van der Waals surface area (Å²) in [4.78, 5) is 259. The van der Waals surface area contributed by atoms with Crippen LogP contribution in [0.2, 0.25) is 0 Å². The van der Waals surface area contributed by atoms with Crippen molar-refractivity contribution in [2.75, 3.05) is 92.1 Å². The second kappa shape index (κ2) is 63.3. The molecule has 37 N–H and O–H groups in total. The summed E-state index contributed by atoms with van der Waals surface area (Å²) in [6, 6.07) is -0.723. The van der Waals surface area contributed by atoms with Crippen LogP contribution in [-0.2, 0) is 91.2 Å². The molecule has 2 aliphatic heterocycles. The van der Waals surface area contributed by atoms with Gasteiger partial charge in [-0.2, -0.15) is 0 Å². The number of hydrogen-bond acceptors (Lipinski definition) is 26. The molecule has 6 rings (SSSR count). The first-order valence-electron chi connectivity index (χ1n) is 48.1. The zero-order chi connectivity index (χ0) is 107. The van der Waals surface area contributed by atoms with Crippen LogP contribution in [0.1, 0.15) is 145 Å². The lowest BCUT2D eigenvalue weighted by Gasteiger charge is -2.31. The van der Waals surface area contributed by atoms with Gasteiger partial charge in [-0.1, -0.05) is 88.3 Å². The Hall–Kier alpha value is -14.9. The molecule has 0 saturated carbocycles. The first-order valence-corrected chi connectivity index (χ1v) is 50.6. The van der Waals surface area contributed by atoms with E-state index in [1.807, 2.05) is 44.1 Å². The molecule has 53 heteroatoms. The van der Waals surface area contributed by atoms with E-state index in [2.05, 4.69) is 95.4 Å². The fraction of sp³-hybridized carbons (Fsp3) is 0.538. The van der Waals surface area contributed by atoms with Crippen molar-refractivity contribution in [1.29, 1.82) is 16.2 Å². The normalized spacial score (nSPS) is 19.8. The molecule has 0 aliphatic carbocycles. The molecule has 2 aliphatic rings. The van der Waals surface area contributed by atoms with Gasteiger partial charge in [0.2, 0.25) is 82.7 Å². The lowest BCUT2D eigenvalue weighted by Crippen LogP contribution is -2.61. The summed E-state index contributed by atoms with van der Waals surface area (Å²) in [5, 5.41) is 101. The first-order chi connectivity index (χ1) is 69.5. The second-order valence-electron chi connectivity index (χ2n) is 35.5. The number of carbonyl (C=O) groups excluding carboxylic acids is 16. The molecule has 18 amide bonds. The maximum Gasteiger partial charge on any atom is 0.312 e. The van der Waals surface area contributed by atoms with Gasteiger partial charge < -0.3 is 161 Å². The van der Waals surface area contributed by atoms with Gasteiger partial charge in [-0.3, -0.25) is 93.1 Å². The molecular weight excluding hydrogens is 1940 g/mol. The molecule has 802 valence electrons. The van der Waals surface area contributed by atoms with Crippen LogP contribution >= 0.6 is 21.6 Å². The van der Waals surface area contributed by atoms with Crippen LogP contribution in [0.15, 0.2) is 96.0 Å². The number of amides is 18. The number of hydrogen-bond donors (Lipinski definition) is 30. The van der Waals surface area contributed by atoms with Crippen LogP contribution in [0.4, 0.5) is 9.59 Å². The number of fused-ring (bicyclic) bond motifs is 2. The summed E-state index contributed by atoms with van der Waals surface area (Å²) in [5.74, 6) is -18.1. The monoisotopic (exact) mass is 2080 g/mol. The Labute approximate surface area is 853 Å². The van der Waals surface area contributed by atoms with Gasteiger partial charge in [0, 0.05) is 118 Å². The maximum absolute atomic E-state index is 16.1. The number of aliphatic carboxylic acids is 1. The molecule has 2 fully saturated rings. The van der Waals surface area contributed by atoms with Crippen molar-refractivity contribution >= 4 is 157 Å². The molecule has 146 heavy (non-hydrogen) atoms. The van der Waals surface area contributed by atoms with Crippen molar-refractivity contribution in [3.63, 3.8) is 0 Å². The largest absolute Gasteiger partial charge is 0.508 e. The van der Waals surface area contributed by atoms with E-state index in [0.717, 1.165) is 31.9 Å². The molecule has 4 aromatic rings. The number of phenolic OH excluding ortho intramolecular Hbond substituents is 2. The van der Waals surface area contributed by atoms with Gasteiger partial charge >= 0.3 is 18.0 Å². The van der Waals surface area contributed by atoms with Crippen LogP contribution < -0.4 is 131 Å². The Morgan fingerprint density at radius 3 is 1.41 bits per heavy atom. The van der Waals surface area contributed by atoms with Crippen molar-refractivity contribution < 1.29 is 96.8 Å². The molecule has 2 saturated heterocycles. The van der Waals surface area contributed by atoms with E-state index in [0.29, 0.717) is 41.9 Å². The molecule has 51 nitrogen and oxygen atoms in total. The van der Waals surface area contributed by atoms with E-state index in [9.17, 15) is 39.3 Å². The highest BCUT2D eigenvalue weighted by molar-refractivity contribution is 8.76. The summed E-state index contributed by atoms with van der Waals surface area (Å²) in [6.45, 7) is -0.263. The third kappa shape index (κ3) is 44.1. The number of aromatic hydroxyl groups is 2. The van der Waals surface area contributed by atoms with E-state index in [1.165, 1.54) is 48.5 Å². The lowest BCUT2D eigenvalue weighted by atomic mass is 10.00. The van der Waals surface area contributed by atoms with Gasteiger partial charge in [0.1, 0.15) is 90.0 Å². The number of carboxylic acids is 1. The van der Waals surface area contributed by atoms with Crippen LogP contribution in [0.25, 0.3) is 10.8 Å². The second-order valence-corrected chi connectivity index (χ2v) is 38.1. The van der Waals surface area contributed by atoms with Gasteiger partial charge in [0.25, 0.3) is 0 Å². The fourth-order valence-electron chi connectivity index (χ4n) is 15.9. The molecule has 0 aromatic heterocycles. The minimum absolute atomic E-state index is 0.00103. The number of urea groups is 2. The van der Waals surface area contributed by atoms with Crippen LogP contribution in [0.3, 0.4) is 0 Å². The Kier molecular flexibility index (Phi) is 51.9. The number of carbonyl (C=O) groups is 17. The molecule has 0 spiro atoms. The zero-order valence-electron chi connectivity index (χ0n) is 82.4. The number of nitrogens with two attached hydrogens (primary N) is 7. The van der Waals surface area contributed by atoms with Crippen molar-refractivity contribution in [3.8, 4) is 11.5 Å². The maximum atomic E-state index is 16.1. The molecule has 0 unspecified atom stereocenters. The summed E-state index contributed by atoms with van der Waals surface area (Å²) < 4.78 is 0. The molecule has 4 aromatic carbocycles. The quantitative estimate of drug-likeness (QED) is 0.00855. The summed E-state index contributed by atoms with van der Waals surface area (Å²) in [5.41, 5.74) is 40.7. The summed E-state index contributed by atoms with van der Waals surface area (Å²) in [6.07, 6.45) is -3.26. The number of carboxylic acid groups (broad SMARTS) is 1. The molecule has 0 radical (unpaired) electrons. The average molecular weight is 2080 g/mol. The number of nitrogens with zero attached hydrogens (tertiary/aromatic N) is 4. The minimum atomic E-state index is -1.90. The van der Waals surface area contributed by atoms with Gasteiger partial charge in [0.15, 0.2) is 23.8 Å². The summed E-state index contributed by atoms with van der Waals surface area (Å²) in [7, 11) is 8.84. The third-order valence-electron chi connectivity index (χ3n) is 23.4. The third-order valence-corrected chi connectivity index (χ3v) is 25.8. The highest BCUT2D eigenvalue weighted by atomic mass is 33.1. The predicted octanol–water partition coefficient (Wildman–Crippen LogP) is -4.70. The standard InChI is InChI=1S/C93H143N31O20S2/c1-122(2)93(123(3)4)109-40-10-8-26-73(127)110-61(21-12-42-105-89(98)99)76(131)117-69(50-55-27-32-56-17-5-6-18-57(56)47-55)83(138)121-71-52-146-145-51-70(84(139)111-60(75(95)130)20-11-41-104-88(96)97)120-80(135)65(24-15-45-108-92(103)144)113-78(133)63(22-13-43-106-90(100)101)115-82(137)68(49-54-30-35-59(126)36-31-54)119-86(141)72-25-16-46-124(72)87(142)66(37-38-74(128)129)116-79(134)62(19-7-9-39-94)112-77(132)64(23-14-44-107-91(102)143)114-81(136)67(118-85(71)140)48-53-28-33-58(125)34-29-53/h5-6,17-18,27-36,47,60-72,125-126H,7-16,19-26,37-46,48-52,94H2,1-4H3,(H2,95,130)(H,110,127)(H,111,139)(H,112,132)(H,113,133)(H,114,136)(H,115,137)(H,116,134)(H,117,131)(H,118,140)(H,119,141)(H,120,135)(H,121,138)(H,128,129)(H4,96,97,104)(H4,98,99,105)(H4,100,101,106)(H3,102,107,143)(H3,103,108,144)/t60-,61-,62-,63-,64-,65-,66+,67-,68-,69-,70-,71-,72-/m0/s1. The van der Waals surface area contributed by atoms with Crippen molar-refractivity contribution in [2.24, 2.45) is 45.1 Å². The smallest absolute Gasteiger partial charge is 0.312 e.